The molecule has 0 bridgehead atoms. The predicted octanol–water partition coefficient (Wildman–Crippen LogP) is 2.09. The number of carbonyl (C=O) groups is 1. The van der Waals surface area contributed by atoms with Crippen LogP contribution in [0.3, 0.4) is 0 Å². The van der Waals surface area contributed by atoms with Crippen LogP contribution in [0.15, 0.2) is 35.9 Å². The van der Waals surface area contributed by atoms with Crippen molar-refractivity contribution in [3.8, 4) is 5.75 Å². The smallest absolute Gasteiger partial charge is 0.315 e. The average Bonchev–Trinajstić information content (AvgIpc) is 3.03. The molecular formula is C24H34NO4+. The van der Waals surface area contributed by atoms with Crippen LogP contribution in [0.5, 0.6) is 5.75 Å². The van der Waals surface area contributed by atoms with Gasteiger partial charge in [0, 0.05) is 24.2 Å². The number of fused-ring (bicyclic) bond motifs is 2. The topological polar surface area (TPSA) is 72.4 Å². The summed E-state index contributed by atoms with van der Waals surface area (Å²) in [6.07, 6.45) is 5.40. The maximum absolute atomic E-state index is 12.6. The molecule has 0 unspecified atom stereocenters. The Hall–Kier alpha value is -1.85. The summed E-state index contributed by atoms with van der Waals surface area (Å²) < 4.78 is 11.2. The van der Waals surface area contributed by atoms with Gasteiger partial charge in [-0.3, -0.25) is 4.79 Å². The molecule has 2 aliphatic carbocycles. The Morgan fingerprint density at radius 2 is 2.14 bits per heavy atom. The molecule has 1 heterocycles. The van der Waals surface area contributed by atoms with E-state index in [9.17, 15) is 9.90 Å². The number of benzene rings is 1. The Kier molecular flexibility index (Phi) is 5.71. The summed E-state index contributed by atoms with van der Waals surface area (Å²) in [5, 5.41) is 13.6. The zero-order valence-corrected chi connectivity index (χ0v) is 17.8. The number of ether oxygens (including phenoxy) is 2. The van der Waals surface area contributed by atoms with Crippen LogP contribution in [0.4, 0.5) is 0 Å². The number of rotatable bonds is 6. The van der Waals surface area contributed by atoms with Crippen molar-refractivity contribution in [3.05, 3.63) is 41.5 Å². The van der Waals surface area contributed by atoms with Crippen molar-refractivity contribution in [1.82, 2.24) is 0 Å². The third-order valence-corrected chi connectivity index (χ3v) is 7.80. The first kappa shape index (κ1) is 20.4. The third-order valence-electron chi connectivity index (χ3n) is 7.80. The molecule has 5 nitrogen and oxygen atoms in total. The second-order valence-corrected chi connectivity index (χ2v) is 9.17. The van der Waals surface area contributed by atoms with Gasteiger partial charge >= 0.3 is 5.97 Å². The Balaban J connectivity index is 1.41. The lowest BCUT2D eigenvalue weighted by molar-refractivity contribution is -0.659. The quantitative estimate of drug-likeness (QED) is 0.436. The Morgan fingerprint density at radius 3 is 2.93 bits per heavy atom. The van der Waals surface area contributed by atoms with Crippen LogP contribution in [0.25, 0.3) is 0 Å². The minimum atomic E-state index is -0.526. The van der Waals surface area contributed by atoms with Gasteiger partial charge in [0.25, 0.3) is 0 Å². The zero-order valence-electron chi connectivity index (χ0n) is 17.8. The van der Waals surface area contributed by atoms with E-state index in [4.69, 9.17) is 9.47 Å². The number of methoxy groups -OCH3 is 1. The van der Waals surface area contributed by atoms with Crippen molar-refractivity contribution >= 4 is 5.97 Å². The number of para-hydroxylation sites is 1. The molecule has 1 aromatic rings. The summed E-state index contributed by atoms with van der Waals surface area (Å²) in [4.78, 5) is 12.6. The molecule has 0 amide bonds. The van der Waals surface area contributed by atoms with Crippen molar-refractivity contribution in [1.29, 1.82) is 0 Å². The second kappa shape index (κ2) is 8.11. The van der Waals surface area contributed by atoms with Crippen molar-refractivity contribution in [2.24, 2.45) is 23.2 Å². The first-order valence-corrected chi connectivity index (χ1v) is 11.0. The van der Waals surface area contributed by atoms with Crippen LogP contribution < -0.4 is 10.1 Å². The van der Waals surface area contributed by atoms with E-state index < -0.39 is 6.10 Å². The Labute approximate surface area is 173 Å². The van der Waals surface area contributed by atoms with Gasteiger partial charge in [0.2, 0.25) is 0 Å². The number of hydrogen-bond acceptors (Lipinski definition) is 4. The number of nitrogens with two attached hydrogens (primary N) is 1. The molecule has 3 N–H and O–H groups in total. The number of aliphatic hydroxyl groups excluding tert-OH is 1. The Bertz CT molecular complexity index is 791. The summed E-state index contributed by atoms with van der Waals surface area (Å²) in [5.74, 6) is 0.850. The molecule has 1 aromatic carbocycles. The first-order chi connectivity index (χ1) is 14.0. The van der Waals surface area contributed by atoms with Gasteiger partial charge in [-0.1, -0.05) is 43.7 Å². The normalized spacial score (nSPS) is 36.1. The summed E-state index contributed by atoms with van der Waals surface area (Å²) in [5.41, 5.74) is 2.23. The lowest BCUT2D eigenvalue weighted by Crippen LogP contribution is -2.86. The fourth-order valence-electron chi connectivity index (χ4n) is 5.80. The maximum Gasteiger partial charge on any atom is 0.315 e. The molecule has 0 radical (unpaired) electrons. The third kappa shape index (κ3) is 3.49. The predicted molar refractivity (Wildman–Crippen MR) is 110 cm³/mol. The molecule has 158 valence electrons. The van der Waals surface area contributed by atoms with Gasteiger partial charge in [-0.15, -0.1) is 0 Å². The largest absolute Gasteiger partial charge is 0.496 e. The molecule has 2 fully saturated rings. The van der Waals surface area contributed by atoms with E-state index in [1.807, 2.05) is 18.2 Å². The fourth-order valence-corrected chi connectivity index (χ4v) is 5.80. The van der Waals surface area contributed by atoms with E-state index in [2.05, 4.69) is 31.3 Å². The molecule has 29 heavy (non-hydrogen) atoms. The lowest BCUT2D eigenvalue weighted by Gasteiger charge is -2.51. The lowest BCUT2D eigenvalue weighted by atomic mass is 9.55. The monoisotopic (exact) mass is 400 g/mol. The molecule has 1 aliphatic heterocycles. The number of esters is 1. The Morgan fingerprint density at radius 1 is 1.34 bits per heavy atom. The van der Waals surface area contributed by atoms with E-state index >= 15 is 0 Å². The molecule has 3 aliphatic rings. The highest BCUT2D eigenvalue weighted by Gasteiger charge is 2.60. The van der Waals surface area contributed by atoms with Crippen LogP contribution in [-0.4, -0.2) is 43.5 Å². The number of hydrogen-bond donors (Lipinski definition) is 2. The highest BCUT2D eigenvalue weighted by atomic mass is 16.6. The fraction of sp³-hybridized carbons (Fsp3) is 0.625. The summed E-state index contributed by atoms with van der Waals surface area (Å²) in [6.45, 7) is 5.96. The van der Waals surface area contributed by atoms with E-state index in [1.165, 1.54) is 11.1 Å². The maximum atomic E-state index is 12.6. The molecular weight excluding hydrogens is 366 g/mol. The van der Waals surface area contributed by atoms with Crippen LogP contribution in [0.1, 0.15) is 38.7 Å². The molecule has 6 atom stereocenters. The van der Waals surface area contributed by atoms with Crippen molar-refractivity contribution < 1.29 is 24.7 Å². The molecule has 1 saturated carbocycles. The van der Waals surface area contributed by atoms with Gasteiger partial charge in [0.15, 0.2) is 0 Å². The summed E-state index contributed by atoms with van der Waals surface area (Å²) >= 11 is 0. The van der Waals surface area contributed by atoms with Gasteiger partial charge in [-0.2, -0.15) is 0 Å². The van der Waals surface area contributed by atoms with Crippen molar-refractivity contribution in [2.75, 3.05) is 20.2 Å². The van der Waals surface area contributed by atoms with Gasteiger partial charge in [-0.25, -0.2) is 0 Å². The van der Waals surface area contributed by atoms with Crippen LogP contribution in [0, 0.1) is 23.2 Å². The van der Waals surface area contributed by atoms with Gasteiger partial charge in [0.1, 0.15) is 17.8 Å². The van der Waals surface area contributed by atoms with Crippen LogP contribution >= 0.6 is 0 Å². The number of allylic oxidation sites excluding steroid dienone is 1. The standard InChI is InChI=1S/C24H33NO4/c1-15-7-6-9-17-13-20-21(22(26)24(15,17)2)18(23(27)29-20)14-25-12-11-16-8-4-5-10-19(16)28-3/h4-5,8-10,15,18,20-22,25-26H,6-7,11-14H2,1-3H3/p+1/t15-,18+,20+,21+,22+,24+/m0/s1. The van der Waals surface area contributed by atoms with Gasteiger partial charge in [0.05, 0.1) is 26.3 Å². The number of quaternary nitrogens is 1. The van der Waals surface area contributed by atoms with E-state index in [0.29, 0.717) is 12.5 Å². The molecule has 4 rings (SSSR count). The highest BCUT2D eigenvalue weighted by Crippen LogP contribution is 2.55. The molecule has 1 saturated heterocycles. The van der Waals surface area contributed by atoms with Gasteiger partial charge < -0.3 is 19.9 Å². The van der Waals surface area contributed by atoms with E-state index in [1.54, 1.807) is 7.11 Å². The van der Waals surface area contributed by atoms with Crippen LogP contribution in [-0.2, 0) is 16.0 Å². The highest BCUT2D eigenvalue weighted by molar-refractivity contribution is 5.76. The molecule has 5 heteroatoms. The van der Waals surface area contributed by atoms with Crippen molar-refractivity contribution in [3.63, 3.8) is 0 Å². The van der Waals surface area contributed by atoms with Gasteiger partial charge in [-0.05, 0) is 30.4 Å². The van der Waals surface area contributed by atoms with E-state index in [-0.39, 0.29) is 29.3 Å². The zero-order chi connectivity index (χ0) is 20.6. The minimum Gasteiger partial charge on any atom is -0.496 e. The average molecular weight is 401 g/mol. The minimum absolute atomic E-state index is 0.104. The van der Waals surface area contributed by atoms with E-state index in [0.717, 1.165) is 38.0 Å². The number of carbonyl (C=O) groups excluding carboxylic acids is 1. The summed E-state index contributed by atoms with van der Waals surface area (Å²) in [7, 11) is 1.69. The number of aliphatic hydroxyl groups is 1. The second-order valence-electron chi connectivity index (χ2n) is 9.17. The molecule has 0 aromatic heterocycles. The van der Waals surface area contributed by atoms with Crippen LogP contribution in [0.2, 0.25) is 0 Å². The molecule has 0 spiro atoms. The summed E-state index contributed by atoms with van der Waals surface area (Å²) in [6, 6.07) is 8.05. The first-order valence-electron chi connectivity index (χ1n) is 11.0. The van der Waals surface area contributed by atoms with Crippen molar-refractivity contribution in [2.45, 2.75) is 51.7 Å². The SMILES string of the molecule is COc1ccccc1CC[NH2+]C[C@H]1C(=O)O[C@@H]2CC3=CCC[C@H](C)[C@@]3(C)[C@H](O)[C@@H]21.